The second kappa shape index (κ2) is 7.84. The molecule has 0 aliphatic carbocycles. The highest BCUT2D eigenvalue weighted by Crippen LogP contribution is 2.29. The van der Waals surface area contributed by atoms with Crippen molar-refractivity contribution < 1.29 is 14.1 Å². The van der Waals surface area contributed by atoms with Crippen molar-refractivity contribution in [1.82, 2.24) is 15.4 Å². The molecule has 144 valence electrons. The first-order chi connectivity index (χ1) is 13.7. The minimum Gasteiger partial charge on any atom is -0.355 e. The Balaban J connectivity index is 1.58. The molecule has 1 fully saturated rings. The van der Waals surface area contributed by atoms with Crippen LogP contribution in [0.2, 0.25) is 0 Å². The van der Waals surface area contributed by atoms with E-state index in [2.05, 4.69) is 10.5 Å². The number of benzene rings is 2. The molecule has 1 atom stereocenters. The summed E-state index contributed by atoms with van der Waals surface area (Å²) < 4.78 is 5.53. The summed E-state index contributed by atoms with van der Waals surface area (Å²) in [5.41, 5.74) is 2.26. The van der Waals surface area contributed by atoms with Crippen LogP contribution in [0.25, 0.3) is 22.2 Å². The van der Waals surface area contributed by atoms with Crippen molar-refractivity contribution >= 4 is 22.7 Å². The topological polar surface area (TPSA) is 75.4 Å². The maximum absolute atomic E-state index is 13.1. The molecule has 3 aromatic rings. The molecule has 0 saturated carbocycles. The molecule has 2 aromatic carbocycles. The number of piperidine rings is 1. The van der Waals surface area contributed by atoms with Gasteiger partial charge in [0, 0.05) is 36.7 Å². The lowest BCUT2D eigenvalue weighted by Gasteiger charge is -2.33. The normalized spacial score (nSPS) is 16.9. The number of carbonyl (C=O) groups excluding carboxylic acids is 2. The molecule has 1 unspecified atom stereocenters. The minimum absolute atomic E-state index is 0.0179. The molecule has 6 heteroatoms. The first-order valence-corrected chi connectivity index (χ1v) is 9.69. The molecule has 1 saturated heterocycles. The number of aromatic nitrogens is 1. The Bertz CT molecular complexity index is 997. The number of nitrogens with zero attached hydrogens (tertiary/aromatic N) is 2. The third-order valence-electron chi connectivity index (χ3n) is 5.15. The SMILES string of the molecule is CCC(=O)NC1CCCN(C(=O)c2ccc3noc(-c4ccccc4)c3c2)C1. The largest absolute Gasteiger partial charge is 0.355 e. The van der Waals surface area contributed by atoms with E-state index in [1.54, 1.807) is 6.07 Å². The van der Waals surface area contributed by atoms with E-state index in [1.807, 2.05) is 54.3 Å². The van der Waals surface area contributed by atoms with Gasteiger partial charge in [-0.15, -0.1) is 0 Å². The van der Waals surface area contributed by atoms with Crippen molar-refractivity contribution in [2.45, 2.75) is 32.2 Å². The van der Waals surface area contributed by atoms with E-state index in [-0.39, 0.29) is 17.9 Å². The predicted octanol–water partition coefficient (Wildman–Crippen LogP) is 3.63. The molecule has 1 N–H and O–H groups in total. The van der Waals surface area contributed by atoms with Gasteiger partial charge in [-0.05, 0) is 31.0 Å². The van der Waals surface area contributed by atoms with E-state index < -0.39 is 0 Å². The quantitative estimate of drug-likeness (QED) is 0.753. The molecule has 0 bridgehead atoms. The molecular weight excluding hydrogens is 354 g/mol. The second-order valence-corrected chi connectivity index (χ2v) is 7.12. The van der Waals surface area contributed by atoms with Gasteiger partial charge in [-0.25, -0.2) is 0 Å². The highest BCUT2D eigenvalue weighted by atomic mass is 16.5. The second-order valence-electron chi connectivity index (χ2n) is 7.12. The van der Waals surface area contributed by atoms with Crippen LogP contribution in [0, 0.1) is 0 Å². The van der Waals surface area contributed by atoms with Gasteiger partial charge in [-0.2, -0.15) is 0 Å². The zero-order valence-corrected chi connectivity index (χ0v) is 15.9. The fraction of sp³-hybridized carbons (Fsp3) is 0.318. The Morgan fingerprint density at radius 3 is 2.82 bits per heavy atom. The van der Waals surface area contributed by atoms with Gasteiger partial charge in [-0.1, -0.05) is 42.4 Å². The monoisotopic (exact) mass is 377 g/mol. The van der Waals surface area contributed by atoms with Gasteiger partial charge in [-0.3, -0.25) is 9.59 Å². The van der Waals surface area contributed by atoms with Crippen LogP contribution in [0.3, 0.4) is 0 Å². The highest BCUT2D eigenvalue weighted by Gasteiger charge is 2.26. The van der Waals surface area contributed by atoms with Gasteiger partial charge in [0.25, 0.3) is 5.91 Å². The van der Waals surface area contributed by atoms with Crippen LogP contribution in [-0.4, -0.2) is 41.0 Å². The Labute approximate surface area is 163 Å². The number of carbonyl (C=O) groups is 2. The van der Waals surface area contributed by atoms with Crippen molar-refractivity contribution in [2.75, 3.05) is 13.1 Å². The summed E-state index contributed by atoms with van der Waals surface area (Å²) in [4.78, 5) is 26.6. The highest BCUT2D eigenvalue weighted by molar-refractivity contribution is 6.01. The summed E-state index contributed by atoms with van der Waals surface area (Å²) in [6.07, 6.45) is 2.24. The van der Waals surface area contributed by atoms with E-state index in [0.29, 0.717) is 30.8 Å². The molecule has 1 aromatic heterocycles. The smallest absolute Gasteiger partial charge is 0.253 e. The van der Waals surface area contributed by atoms with Crippen LogP contribution < -0.4 is 5.32 Å². The van der Waals surface area contributed by atoms with Gasteiger partial charge in [0.2, 0.25) is 5.91 Å². The van der Waals surface area contributed by atoms with E-state index >= 15 is 0 Å². The van der Waals surface area contributed by atoms with Crippen molar-refractivity contribution in [1.29, 1.82) is 0 Å². The summed E-state index contributed by atoms with van der Waals surface area (Å²) in [6.45, 7) is 3.07. The van der Waals surface area contributed by atoms with Gasteiger partial charge >= 0.3 is 0 Å². The Hall–Kier alpha value is -3.15. The van der Waals surface area contributed by atoms with Crippen LogP contribution in [0.4, 0.5) is 0 Å². The number of rotatable bonds is 4. The lowest BCUT2D eigenvalue weighted by atomic mass is 10.0. The molecule has 0 radical (unpaired) electrons. The van der Waals surface area contributed by atoms with Crippen LogP contribution in [-0.2, 0) is 4.79 Å². The molecule has 1 aliphatic heterocycles. The number of hydrogen-bond acceptors (Lipinski definition) is 4. The number of fused-ring (bicyclic) bond motifs is 1. The van der Waals surface area contributed by atoms with Gasteiger partial charge in [0.05, 0.1) is 5.39 Å². The summed E-state index contributed by atoms with van der Waals surface area (Å²) in [5, 5.41) is 7.94. The average Bonchev–Trinajstić information content (AvgIpc) is 3.17. The molecule has 0 spiro atoms. The molecule has 6 nitrogen and oxygen atoms in total. The van der Waals surface area contributed by atoms with Gasteiger partial charge in [0.15, 0.2) is 5.76 Å². The van der Waals surface area contributed by atoms with Crippen molar-refractivity contribution in [3.05, 3.63) is 54.1 Å². The maximum atomic E-state index is 13.1. The average molecular weight is 377 g/mol. The molecule has 2 heterocycles. The molecule has 2 amide bonds. The van der Waals surface area contributed by atoms with Gasteiger partial charge in [0.1, 0.15) is 5.52 Å². The lowest BCUT2D eigenvalue weighted by Crippen LogP contribution is -2.49. The summed E-state index contributed by atoms with van der Waals surface area (Å²) in [6, 6.07) is 15.2. The van der Waals surface area contributed by atoms with E-state index in [4.69, 9.17) is 4.52 Å². The van der Waals surface area contributed by atoms with Crippen LogP contribution in [0.5, 0.6) is 0 Å². The first kappa shape index (κ1) is 18.2. The summed E-state index contributed by atoms with van der Waals surface area (Å²) >= 11 is 0. The van der Waals surface area contributed by atoms with Crippen LogP contribution in [0.15, 0.2) is 53.1 Å². The molecule has 1 aliphatic rings. The van der Waals surface area contributed by atoms with Crippen LogP contribution in [0.1, 0.15) is 36.5 Å². The Morgan fingerprint density at radius 2 is 2.04 bits per heavy atom. The third-order valence-corrected chi connectivity index (χ3v) is 5.15. The van der Waals surface area contributed by atoms with Crippen molar-refractivity contribution in [3.63, 3.8) is 0 Å². The Kier molecular flexibility index (Phi) is 5.10. The maximum Gasteiger partial charge on any atom is 0.253 e. The number of amides is 2. The fourth-order valence-corrected chi connectivity index (χ4v) is 3.66. The molecule has 28 heavy (non-hydrogen) atoms. The van der Waals surface area contributed by atoms with Crippen molar-refractivity contribution in [3.8, 4) is 11.3 Å². The van der Waals surface area contributed by atoms with E-state index in [0.717, 1.165) is 29.3 Å². The minimum atomic E-state index is -0.0300. The number of hydrogen-bond donors (Lipinski definition) is 1. The molecule has 4 rings (SSSR count). The summed E-state index contributed by atoms with van der Waals surface area (Å²) in [7, 11) is 0. The van der Waals surface area contributed by atoms with Crippen LogP contribution >= 0.6 is 0 Å². The standard InChI is InChI=1S/C22H23N3O3/c1-2-20(26)23-17-9-6-12-25(14-17)22(27)16-10-11-19-18(13-16)21(28-24-19)15-7-4-3-5-8-15/h3-5,7-8,10-11,13,17H,2,6,9,12,14H2,1H3,(H,23,26). The molecular formula is C22H23N3O3. The first-order valence-electron chi connectivity index (χ1n) is 9.69. The zero-order chi connectivity index (χ0) is 19.5. The Morgan fingerprint density at radius 1 is 1.21 bits per heavy atom. The van der Waals surface area contributed by atoms with Crippen molar-refractivity contribution in [2.24, 2.45) is 0 Å². The number of nitrogens with one attached hydrogen (secondary N) is 1. The van der Waals surface area contributed by atoms with E-state index in [1.165, 1.54) is 0 Å². The third kappa shape index (κ3) is 3.63. The van der Waals surface area contributed by atoms with E-state index in [9.17, 15) is 9.59 Å². The summed E-state index contributed by atoms with van der Waals surface area (Å²) in [5.74, 6) is 0.659. The zero-order valence-electron chi connectivity index (χ0n) is 15.9. The fourth-order valence-electron chi connectivity index (χ4n) is 3.66. The lowest BCUT2D eigenvalue weighted by molar-refractivity contribution is -0.121. The predicted molar refractivity (Wildman–Crippen MR) is 107 cm³/mol. The van der Waals surface area contributed by atoms with Gasteiger partial charge < -0.3 is 14.7 Å². The number of likely N-dealkylation sites (tertiary alicyclic amines) is 1.